The van der Waals surface area contributed by atoms with E-state index < -0.39 is 0 Å². The van der Waals surface area contributed by atoms with Crippen LogP contribution in [0.4, 0.5) is 0 Å². The maximum absolute atomic E-state index is 9.69. The van der Waals surface area contributed by atoms with Crippen LogP contribution in [-0.2, 0) is 0 Å². The van der Waals surface area contributed by atoms with Gasteiger partial charge in [0.2, 0.25) is 0 Å². The SMILES string of the molecule is CC1=CCC2(C)CCC(O)C12. The van der Waals surface area contributed by atoms with Crippen molar-refractivity contribution in [2.75, 3.05) is 0 Å². The highest BCUT2D eigenvalue weighted by Crippen LogP contribution is 2.53. The molecule has 3 unspecified atom stereocenters. The monoisotopic (exact) mass is 152 g/mol. The maximum Gasteiger partial charge on any atom is 0.0610 e. The number of aliphatic hydroxyl groups excluding tert-OH is 1. The Balaban J connectivity index is 2.30. The number of rotatable bonds is 0. The summed E-state index contributed by atoms with van der Waals surface area (Å²) in [5.41, 5.74) is 1.82. The Kier molecular flexibility index (Phi) is 1.40. The largest absolute Gasteiger partial charge is 0.392 e. The Morgan fingerprint density at radius 2 is 2.36 bits per heavy atom. The molecule has 0 heterocycles. The van der Waals surface area contributed by atoms with Crippen LogP contribution in [0.15, 0.2) is 11.6 Å². The van der Waals surface area contributed by atoms with Crippen LogP contribution >= 0.6 is 0 Å². The third-order valence-electron chi connectivity index (χ3n) is 3.53. The first kappa shape index (κ1) is 7.35. The molecule has 0 saturated heterocycles. The first-order chi connectivity index (χ1) is 5.13. The molecule has 1 nitrogen and oxygen atoms in total. The van der Waals surface area contributed by atoms with Crippen LogP contribution in [0.25, 0.3) is 0 Å². The van der Waals surface area contributed by atoms with Crippen LogP contribution < -0.4 is 0 Å². The van der Waals surface area contributed by atoms with Gasteiger partial charge in [0.15, 0.2) is 0 Å². The normalized spacial score (nSPS) is 49.2. The molecule has 3 atom stereocenters. The maximum atomic E-state index is 9.69. The van der Waals surface area contributed by atoms with Crippen LogP contribution in [0, 0.1) is 11.3 Å². The third kappa shape index (κ3) is 0.871. The predicted octanol–water partition coefficient (Wildman–Crippen LogP) is 2.11. The molecule has 0 aromatic rings. The molecule has 2 aliphatic carbocycles. The molecule has 0 amide bonds. The van der Waals surface area contributed by atoms with Crippen molar-refractivity contribution in [2.24, 2.45) is 11.3 Å². The summed E-state index contributed by atoms with van der Waals surface area (Å²) in [6, 6.07) is 0. The van der Waals surface area contributed by atoms with Crippen molar-refractivity contribution in [3.8, 4) is 0 Å². The van der Waals surface area contributed by atoms with E-state index in [4.69, 9.17) is 0 Å². The average Bonchev–Trinajstić information content (AvgIpc) is 2.38. The first-order valence-corrected chi connectivity index (χ1v) is 4.48. The summed E-state index contributed by atoms with van der Waals surface area (Å²) in [5.74, 6) is 0.475. The molecule has 0 aromatic heterocycles. The molecule has 1 saturated carbocycles. The van der Waals surface area contributed by atoms with Gasteiger partial charge in [0, 0.05) is 5.92 Å². The summed E-state index contributed by atoms with van der Waals surface area (Å²) in [7, 11) is 0. The molecular formula is C10H16O. The van der Waals surface area contributed by atoms with E-state index >= 15 is 0 Å². The lowest BCUT2D eigenvalue weighted by Crippen LogP contribution is -2.24. The van der Waals surface area contributed by atoms with Gasteiger partial charge < -0.3 is 5.11 Å². The second-order valence-corrected chi connectivity index (χ2v) is 4.39. The van der Waals surface area contributed by atoms with Crippen molar-refractivity contribution < 1.29 is 5.11 Å². The Morgan fingerprint density at radius 1 is 1.64 bits per heavy atom. The number of fused-ring (bicyclic) bond motifs is 1. The van der Waals surface area contributed by atoms with Gasteiger partial charge in [-0.25, -0.2) is 0 Å². The van der Waals surface area contributed by atoms with E-state index in [1.807, 2.05) is 0 Å². The lowest BCUT2D eigenvalue weighted by Gasteiger charge is -2.26. The fourth-order valence-corrected chi connectivity index (χ4v) is 2.87. The Morgan fingerprint density at radius 3 is 3.00 bits per heavy atom. The molecule has 62 valence electrons. The molecule has 2 aliphatic rings. The molecule has 11 heavy (non-hydrogen) atoms. The van der Waals surface area contributed by atoms with E-state index in [-0.39, 0.29) is 6.10 Å². The van der Waals surface area contributed by atoms with Gasteiger partial charge in [-0.3, -0.25) is 0 Å². The number of allylic oxidation sites excluding steroid dienone is 1. The van der Waals surface area contributed by atoms with E-state index in [2.05, 4.69) is 19.9 Å². The fraction of sp³-hybridized carbons (Fsp3) is 0.800. The molecule has 1 N–H and O–H groups in total. The topological polar surface area (TPSA) is 20.2 Å². The molecule has 1 heteroatoms. The van der Waals surface area contributed by atoms with E-state index in [9.17, 15) is 5.11 Å². The van der Waals surface area contributed by atoms with Crippen molar-refractivity contribution in [3.63, 3.8) is 0 Å². The van der Waals surface area contributed by atoms with Crippen LogP contribution in [0.1, 0.15) is 33.1 Å². The molecule has 0 aliphatic heterocycles. The van der Waals surface area contributed by atoms with Gasteiger partial charge in [0.25, 0.3) is 0 Å². The molecule has 0 aromatic carbocycles. The van der Waals surface area contributed by atoms with Crippen molar-refractivity contribution >= 4 is 0 Å². The Hall–Kier alpha value is -0.300. The van der Waals surface area contributed by atoms with Gasteiger partial charge in [-0.05, 0) is 31.6 Å². The quantitative estimate of drug-likeness (QED) is 0.527. The van der Waals surface area contributed by atoms with Crippen molar-refractivity contribution in [1.29, 1.82) is 0 Å². The Labute approximate surface area is 68.1 Å². The zero-order valence-corrected chi connectivity index (χ0v) is 7.30. The van der Waals surface area contributed by atoms with Crippen LogP contribution in [0.2, 0.25) is 0 Å². The average molecular weight is 152 g/mol. The number of hydrogen-bond donors (Lipinski definition) is 1. The summed E-state index contributed by atoms with van der Waals surface area (Å²) >= 11 is 0. The lowest BCUT2D eigenvalue weighted by atomic mass is 9.79. The van der Waals surface area contributed by atoms with E-state index in [0.717, 1.165) is 6.42 Å². The smallest absolute Gasteiger partial charge is 0.0610 e. The highest BCUT2D eigenvalue weighted by molar-refractivity contribution is 5.21. The lowest BCUT2D eigenvalue weighted by molar-refractivity contribution is 0.118. The highest BCUT2D eigenvalue weighted by atomic mass is 16.3. The number of aliphatic hydroxyl groups is 1. The second kappa shape index (κ2) is 2.10. The third-order valence-corrected chi connectivity index (χ3v) is 3.53. The minimum absolute atomic E-state index is 0.0567. The van der Waals surface area contributed by atoms with Crippen LogP contribution in [0.3, 0.4) is 0 Å². The van der Waals surface area contributed by atoms with Gasteiger partial charge in [0.1, 0.15) is 0 Å². The summed E-state index contributed by atoms with van der Waals surface area (Å²) in [5, 5.41) is 9.69. The van der Waals surface area contributed by atoms with Gasteiger partial charge in [-0.1, -0.05) is 18.6 Å². The first-order valence-electron chi connectivity index (χ1n) is 4.48. The standard InChI is InChI=1S/C10H16O/c1-7-3-5-10(2)6-4-8(11)9(7)10/h3,8-9,11H,4-6H2,1-2H3. The summed E-state index contributed by atoms with van der Waals surface area (Å²) in [6.07, 6.45) is 5.63. The van der Waals surface area contributed by atoms with Gasteiger partial charge in [-0.15, -0.1) is 0 Å². The van der Waals surface area contributed by atoms with E-state index in [1.165, 1.54) is 18.4 Å². The molecule has 1 fully saturated rings. The Bertz CT molecular complexity index is 207. The van der Waals surface area contributed by atoms with Crippen molar-refractivity contribution in [3.05, 3.63) is 11.6 Å². The highest BCUT2D eigenvalue weighted by Gasteiger charge is 2.47. The minimum atomic E-state index is -0.0567. The van der Waals surface area contributed by atoms with E-state index in [0.29, 0.717) is 11.3 Å². The van der Waals surface area contributed by atoms with Gasteiger partial charge in [-0.2, -0.15) is 0 Å². The summed E-state index contributed by atoms with van der Waals surface area (Å²) in [6.45, 7) is 4.46. The number of hydrogen-bond acceptors (Lipinski definition) is 1. The van der Waals surface area contributed by atoms with Crippen molar-refractivity contribution in [1.82, 2.24) is 0 Å². The van der Waals surface area contributed by atoms with Gasteiger partial charge >= 0.3 is 0 Å². The predicted molar refractivity (Wildman–Crippen MR) is 45.2 cm³/mol. The molecular weight excluding hydrogens is 136 g/mol. The summed E-state index contributed by atoms with van der Waals surface area (Å²) < 4.78 is 0. The molecule has 0 spiro atoms. The fourth-order valence-electron chi connectivity index (χ4n) is 2.87. The van der Waals surface area contributed by atoms with Crippen LogP contribution in [0.5, 0.6) is 0 Å². The summed E-state index contributed by atoms with van der Waals surface area (Å²) in [4.78, 5) is 0. The second-order valence-electron chi connectivity index (χ2n) is 4.39. The van der Waals surface area contributed by atoms with Crippen molar-refractivity contribution in [2.45, 2.75) is 39.2 Å². The zero-order chi connectivity index (χ0) is 8.06. The molecule has 2 rings (SSSR count). The van der Waals surface area contributed by atoms with E-state index in [1.54, 1.807) is 0 Å². The molecule has 0 bridgehead atoms. The minimum Gasteiger partial charge on any atom is -0.392 e. The molecule has 0 radical (unpaired) electrons. The van der Waals surface area contributed by atoms with Crippen LogP contribution in [-0.4, -0.2) is 11.2 Å². The van der Waals surface area contributed by atoms with Gasteiger partial charge in [0.05, 0.1) is 6.10 Å². The zero-order valence-electron chi connectivity index (χ0n) is 7.30.